The lowest BCUT2D eigenvalue weighted by molar-refractivity contribution is 0.0827. The number of amides is 1. The highest BCUT2D eigenvalue weighted by molar-refractivity contribution is 7.19. The number of thiophene rings is 2. The standard InChI is InChI=1S/C19H20N2OS2.ClH/c1-11-15(19(22)21(2)3)17(14-9-6-10-23-14)16-12-7-4-5-8-13(12)24-18(16)20-11;/h6,9-10H,4-5,7-8H2,1-3H3;1H. The summed E-state index contributed by atoms with van der Waals surface area (Å²) in [5.74, 6) is 0.0426. The van der Waals surface area contributed by atoms with E-state index in [0.717, 1.165) is 34.5 Å². The Kier molecular flexibility index (Phi) is 5.19. The van der Waals surface area contributed by atoms with Crippen LogP contribution in [0.2, 0.25) is 0 Å². The Morgan fingerprint density at radius 3 is 2.68 bits per heavy atom. The summed E-state index contributed by atoms with van der Waals surface area (Å²) in [5, 5.41) is 3.31. The van der Waals surface area contributed by atoms with E-state index < -0.39 is 0 Å². The fourth-order valence-electron chi connectivity index (χ4n) is 3.55. The first kappa shape index (κ1) is 18.4. The Labute approximate surface area is 162 Å². The molecule has 3 nitrogen and oxygen atoms in total. The van der Waals surface area contributed by atoms with Crippen molar-refractivity contribution in [1.82, 2.24) is 9.88 Å². The SMILES string of the molecule is Cc1nc2sc3c(c2c(-c2cccs2)c1C(=O)N(C)C)CCCC3.Cl. The number of fused-ring (bicyclic) bond motifs is 3. The van der Waals surface area contributed by atoms with Crippen LogP contribution >= 0.6 is 35.1 Å². The van der Waals surface area contributed by atoms with E-state index in [4.69, 9.17) is 4.98 Å². The molecule has 0 fully saturated rings. The first-order valence-corrected chi connectivity index (χ1v) is 9.98. The molecule has 3 heterocycles. The monoisotopic (exact) mass is 392 g/mol. The minimum Gasteiger partial charge on any atom is -0.345 e. The largest absolute Gasteiger partial charge is 0.345 e. The lowest BCUT2D eigenvalue weighted by Gasteiger charge is -2.18. The second-order valence-electron chi connectivity index (χ2n) is 6.52. The molecule has 1 aliphatic carbocycles. The predicted octanol–water partition coefficient (Wildman–Crippen LogP) is 5.34. The van der Waals surface area contributed by atoms with Gasteiger partial charge in [0, 0.05) is 34.8 Å². The minimum atomic E-state index is 0. The molecule has 0 N–H and O–H groups in total. The van der Waals surface area contributed by atoms with Gasteiger partial charge in [-0.25, -0.2) is 4.98 Å². The van der Waals surface area contributed by atoms with Gasteiger partial charge in [0.15, 0.2) is 0 Å². The van der Waals surface area contributed by atoms with Gasteiger partial charge in [0.1, 0.15) is 4.83 Å². The van der Waals surface area contributed by atoms with E-state index in [1.165, 1.54) is 33.5 Å². The summed E-state index contributed by atoms with van der Waals surface area (Å²) >= 11 is 3.53. The maximum atomic E-state index is 12.9. The van der Waals surface area contributed by atoms with Crippen molar-refractivity contribution in [1.29, 1.82) is 0 Å². The zero-order valence-electron chi connectivity index (χ0n) is 14.6. The first-order valence-electron chi connectivity index (χ1n) is 8.28. The third kappa shape index (κ3) is 2.98. The van der Waals surface area contributed by atoms with E-state index in [-0.39, 0.29) is 18.3 Å². The summed E-state index contributed by atoms with van der Waals surface area (Å²) in [6, 6.07) is 4.18. The number of halogens is 1. The number of aryl methyl sites for hydroxylation is 3. The zero-order chi connectivity index (χ0) is 16.8. The van der Waals surface area contributed by atoms with Gasteiger partial charge in [0.25, 0.3) is 5.91 Å². The van der Waals surface area contributed by atoms with Crippen molar-refractivity contribution in [2.24, 2.45) is 0 Å². The number of pyridine rings is 1. The van der Waals surface area contributed by atoms with Crippen LogP contribution in [0.5, 0.6) is 0 Å². The van der Waals surface area contributed by atoms with Gasteiger partial charge in [0.2, 0.25) is 0 Å². The topological polar surface area (TPSA) is 33.2 Å². The van der Waals surface area contributed by atoms with Crippen LogP contribution in [-0.4, -0.2) is 29.9 Å². The second-order valence-corrected chi connectivity index (χ2v) is 8.55. The van der Waals surface area contributed by atoms with Crippen LogP contribution in [-0.2, 0) is 12.8 Å². The van der Waals surface area contributed by atoms with E-state index in [9.17, 15) is 4.79 Å². The Morgan fingerprint density at radius 2 is 2.00 bits per heavy atom. The molecule has 0 aliphatic heterocycles. The van der Waals surface area contributed by atoms with Crippen molar-refractivity contribution in [3.63, 3.8) is 0 Å². The maximum Gasteiger partial charge on any atom is 0.255 e. The third-order valence-electron chi connectivity index (χ3n) is 4.67. The van der Waals surface area contributed by atoms with Gasteiger partial charge in [-0.3, -0.25) is 4.79 Å². The molecule has 0 saturated carbocycles. The number of carbonyl (C=O) groups is 1. The normalized spacial score (nSPS) is 13.4. The predicted molar refractivity (Wildman–Crippen MR) is 110 cm³/mol. The van der Waals surface area contributed by atoms with Crippen LogP contribution in [0.15, 0.2) is 17.5 Å². The summed E-state index contributed by atoms with van der Waals surface area (Å²) in [7, 11) is 3.63. The molecule has 25 heavy (non-hydrogen) atoms. The van der Waals surface area contributed by atoms with Gasteiger partial charge in [-0.2, -0.15) is 0 Å². The van der Waals surface area contributed by atoms with E-state index in [0.29, 0.717) is 0 Å². The van der Waals surface area contributed by atoms with Gasteiger partial charge in [-0.05, 0) is 49.6 Å². The van der Waals surface area contributed by atoms with E-state index >= 15 is 0 Å². The molecule has 3 aromatic heterocycles. The molecule has 0 spiro atoms. The van der Waals surface area contributed by atoms with Gasteiger partial charge in [0.05, 0.1) is 11.3 Å². The average Bonchev–Trinajstić information content (AvgIpc) is 3.20. The van der Waals surface area contributed by atoms with Crippen LogP contribution in [0.4, 0.5) is 0 Å². The molecule has 0 atom stereocenters. The highest BCUT2D eigenvalue weighted by Crippen LogP contribution is 2.44. The maximum absolute atomic E-state index is 12.9. The van der Waals surface area contributed by atoms with Crippen molar-refractivity contribution in [2.75, 3.05) is 14.1 Å². The highest BCUT2D eigenvalue weighted by atomic mass is 35.5. The fourth-order valence-corrected chi connectivity index (χ4v) is 5.65. The number of aromatic nitrogens is 1. The number of hydrogen-bond acceptors (Lipinski definition) is 4. The second kappa shape index (κ2) is 7.06. The van der Waals surface area contributed by atoms with Crippen molar-refractivity contribution in [3.8, 4) is 10.4 Å². The summed E-state index contributed by atoms with van der Waals surface area (Å²) in [6.45, 7) is 1.96. The van der Waals surface area contributed by atoms with Crippen LogP contribution in [0, 0.1) is 6.92 Å². The molecule has 3 aromatic rings. The summed E-state index contributed by atoms with van der Waals surface area (Å²) < 4.78 is 0. The molecular weight excluding hydrogens is 372 g/mol. The van der Waals surface area contributed by atoms with Crippen molar-refractivity contribution >= 4 is 51.2 Å². The first-order chi connectivity index (χ1) is 11.6. The molecule has 1 aliphatic rings. The molecule has 132 valence electrons. The number of hydrogen-bond donors (Lipinski definition) is 0. The van der Waals surface area contributed by atoms with E-state index in [2.05, 4.69) is 17.5 Å². The van der Waals surface area contributed by atoms with Gasteiger partial charge < -0.3 is 4.90 Å². The van der Waals surface area contributed by atoms with Crippen LogP contribution < -0.4 is 0 Å². The Hall–Kier alpha value is -1.43. The van der Waals surface area contributed by atoms with Gasteiger partial charge in [-0.1, -0.05) is 6.07 Å². The molecule has 0 saturated heterocycles. The average molecular weight is 393 g/mol. The lowest BCUT2D eigenvalue weighted by atomic mass is 9.92. The summed E-state index contributed by atoms with van der Waals surface area (Å²) in [6.07, 6.45) is 4.74. The Morgan fingerprint density at radius 1 is 1.24 bits per heavy atom. The van der Waals surface area contributed by atoms with Crippen LogP contribution in [0.3, 0.4) is 0 Å². The summed E-state index contributed by atoms with van der Waals surface area (Å²) in [5.41, 5.74) is 4.14. The van der Waals surface area contributed by atoms with E-state index in [1.54, 1.807) is 16.2 Å². The smallest absolute Gasteiger partial charge is 0.255 e. The van der Waals surface area contributed by atoms with Crippen LogP contribution in [0.1, 0.15) is 39.3 Å². The molecule has 6 heteroatoms. The lowest BCUT2D eigenvalue weighted by Crippen LogP contribution is -2.24. The molecular formula is C19H21ClN2OS2. The minimum absolute atomic E-state index is 0. The number of carbonyl (C=O) groups excluding carboxylic acids is 1. The molecule has 0 unspecified atom stereocenters. The quantitative estimate of drug-likeness (QED) is 0.590. The molecule has 4 rings (SSSR count). The van der Waals surface area contributed by atoms with Crippen LogP contribution in [0.25, 0.3) is 20.7 Å². The van der Waals surface area contributed by atoms with Crippen molar-refractivity contribution in [2.45, 2.75) is 32.6 Å². The number of rotatable bonds is 2. The third-order valence-corrected chi connectivity index (χ3v) is 6.74. The van der Waals surface area contributed by atoms with Gasteiger partial charge >= 0.3 is 0 Å². The number of nitrogens with zero attached hydrogens (tertiary/aromatic N) is 2. The van der Waals surface area contributed by atoms with Crippen molar-refractivity contribution < 1.29 is 4.79 Å². The molecule has 0 bridgehead atoms. The molecule has 0 radical (unpaired) electrons. The molecule has 0 aromatic carbocycles. The fraction of sp³-hybridized carbons (Fsp3) is 0.368. The molecule has 1 amide bonds. The highest BCUT2D eigenvalue weighted by Gasteiger charge is 2.27. The zero-order valence-corrected chi connectivity index (χ0v) is 17.0. The Balaban J connectivity index is 0.00000182. The van der Waals surface area contributed by atoms with Crippen molar-refractivity contribution in [3.05, 3.63) is 39.2 Å². The van der Waals surface area contributed by atoms with Gasteiger partial charge in [-0.15, -0.1) is 35.1 Å². The van der Waals surface area contributed by atoms with E-state index in [1.807, 2.05) is 32.4 Å². The Bertz CT molecular complexity index is 929. The summed E-state index contributed by atoms with van der Waals surface area (Å²) in [4.78, 5) is 23.1.